The molecule has 1 N–H and O–H groups in total. The molecule has 3 aromatic carbocycles. The van der Waals surface area contributed by atoms with Crippen molar-refractivity contribution in [1.29, 1.82) is 0 Å². The van der Waals surface area contributed by atoms with Crippen LogP contribution in [0.15, 0.2) is 77.9 Å². The molecule has 0 atom stereocenters. The molecule has 0 fully saturated rings. The fourth-order valence-electron chi connectivity index (χ4n) is 2.45. The van der Waals surface area contributed by atoms with Crippen LogP contribution in [0.2, 0.25) is 5.02 Å². The number of hydrogen-bond acceptors (Lipinski definition) is 4. The highest BCUT2D eigenvalue weighted by atomic mass is 35.5. The Morgan fingerprint density at radius 3 is 2.46 bits per heavy atom. The van der Waals surface area contributed by atoms with Crippen LogP contribution in [0.4, 0.5) is 0 Å². The van der Waals surface area contributed by atoms with Crippen LogP contribution < -0.4 is 10.2 Å². The number of benzene rings is 3. The molecule has 0 aromatic heterocycles. The van der Waals surface area contributed by atoms with Crippen molar-refractivity contribution in [2.45, 2.75) is 6.92 Å². The summed E-state index contributed by atoms with van der Waals surface area (Å²) in [5.41, 5.74) is 4.97. The Morgan fingerprint density at radius 2 is 1.75 bits per heavy atom. The van der Waals surface area contributed by atoms with Gasteiger partial charge in [-0.1, -0.05) is 35.9 Å². The zero-order chi connectivity index (χ0) is 19.9. The van der Waals surface area contributed by atoms with E-state index in [1.807, 2.05) is 19.1 Å². The lowest BCUT2D eigenvalue weighted by molar-refractivity contribution is 0.0733. The number of nitrogens with zero attached hydrogens (tertiary/aromatic N) is 1. The van der Waals surface area contributed by atoms with Gasteiger partial charge in [-0.15, -0.1) is 0 Å². The van der Waals surface area contributed by atoms with Crippen molar-refractivity contribution < 1.29 is 14.3 Å². The first-order valence-electron chi connectivity index (χ1n) is 8.50. The number of hydrazone groups is 1. The second-order valence-electron chi connectivity index (χ2n) is 5.98. The summed E-state index contributed by atoms with van der Waals surface area (Å²) in [6, 6.07) is 20.6. The third-order valence-corrected chi connectivity index (χ3v) is 4.16. The topological polar surface area (TPSA) is 67.8 Å². The molecule has 0 spiro atoms. The van der Waals surface area contributed by atoms with Crippen LogP contribution >= 0.6 is 11.6 Å². The Morgan fingerprint density at radius 1 is 1.00 bits per heavy atom. The van der Waals surface area contributed by atoms with Gasteiger partial charge in [-0.3, -0.25) is 4.79 Å². The highest BCUT2D eigenvalue weighted by molar-refractivity contribution is 6.30. The molecule has 3 rings (SSSR count). The van der Waals surface area contributed by atoms with E-state index < -0.39 is 5.97 Å². The van der Waals surface area contributed by atoms with Crippen molar-refractivity contribution >= 4 is 29.7 Å². The maximum absolute atomic E-state index is 12.2. The molecule has 140 valence electrons. The zero-order valence-electron chi connectivity index (χ0n) is 15.1. The fraction of sp³-hybridized carbons (Fsp3) is 0.0455. The Bertz CT molecular complexity index is 1030. The number of rotatable bonds is 5. The van der Waals surface area contributed by atoms with Crippen molar-refractivity contribution in [3.63, 3.8) is 0 Å². The van der Waals surface area contributed by atoms with Gasteiger partial charge in [0.2, 0.25) is 0 Å². The first-order valence-corrected chi connectivity index (χ1v) is 8.87. The average molecular weight is 393 g/mol. The highest BCUT2D eigenvalue weighted by Crippen LogP contribution is 2.15. The van der Waals surface area contributed by atoms with Gasteiger partial charge in [0.15, 0.2) is 0 Å². The normalized spacial score (nSPS) is 10.6. The Kier molecular flexibility index (Phi) is 6.19. The molecule has 1 amide bonds. The number of amides is 1. The third-order valence-electron chi connectivity index (χ3n) is 3.92. The number of esters is 1. The van der Waals surface area contributed by atoms with Gasteiger partial charge in [-0.2, -0.15) is 5.10 Å². The van der Waals surface area contributed by atoms with E-state index in [0.717, 1.165) is 11.1 Å². The standard InChI is InChI=1S/C22H17ClN2O3/c1-15-5-2-3-8-20(15)22(27)28-19-11-9-16(10-12-19)14-24-25-21(26)17-6-4-7-18(23)13-17/h2-14H,1H3,(H,25,26)/b24-14-. The maximum atomic E-state index is 12.2. The smallest absolute Gasteiger partial charge is 0.343 e. The predicted octanol–water partition coefficient (Wildman–Crippen LogP) is 4.63. The van der Waals surface area contributed by atoms with Crippen LogP contribution in [0.1, 0.15) is 31.8 Å². The van der Waals surface area contributed by atoms with Crippen molar-refractivity contribution in [1.82, 2.24) is 5.43 Å². The van der Waals surface area contributed by atoms with E-state index in [2.05, 4.69) is 10.5 Å². The van der Waals surface area contributed by atoms with E-state index in [1.165, 1.54) is 6.21 Å². The van der Waals surface area contributed by atoms with Crippen molar-refractivity contribution in [2.75, 3.05) is 0 Å². The Labute approximate surface area is 167 Å². The number of ether oxygens (including phenoxy) is 1. The minimum absolute atomic E-state index is 0.359. The van der Waals surface area contributed by atoms with Crippen molar-refractivity contribution in [3.8, 4) is 5.75 Å². The Hall–Kier alpha value is -3.44. The van der Waals surface area contributed by atoms with E-state index in [1.54, 1.807) is 60.7 Å². The molecule has 6 heteroatoms. The van der Waals surface area contributed by atoms with Crippen molar-refractivity contribution in [3.05, 3.63) is 100 Å². The van der Waals surface area contributed by atoms with Gasteiger partial charge in [-0.25, -0.2) is 10.2 Å². The number of carbonyl (C=O) groups excluding carboxylic acids is 2. The second-order valence-corrected chi connectivity index (χ2v) is 6.42. The molecule has 3 aromatic rings. The van der Waals surface area contributed by atoms with Gasteiger partial charge >= 0.3 is 5.97 Å². The molecule has 0 heterocycles. The number of halogens is 1. The van der Waals surface area contributed by atoms with Crippen LogP contribution in [0.3, 0.4) is 0 Å². The van der Waals surface area contributed by atoms with Gasteiger partial charge in [-0.05, 0) is 66.6 Å². The number of aryl methyl sites for hydroxylation is 1. The lowest BCUT2D eigenvalue weighted by atomic mass is 10.1. The quantitative estimate of drug-likeness (QED) is 0.298. The lowest BCUT2D eigenvalue weighted by Gasteiger charge is -2.06. The molecule has 0 radical (unpaired) electrons. The second kappa shape index (κ2) is 8.97. The van der Waals surface area contributed by atoms with Gasteiger partial charge in [0, 0.05) is 10.6 Å². The van der Waals surface area contributed by atoms with Gasteiger partial charge < -0.3 is 4.74 Å². The number of hydrogen-bond donors (Lipinski definition) is 1. The molecule has 0 saturated carbocycles. The van der Waals surface area contributed by atoms with E-state index in [0.29, 0.717) is 21.9 Å². The van der Waals surface area contributed by atoms with Gasteiger partial charge in [0.1, 0.15) is 5.75 Å². The minimum Gasteiger partial charge on any atom is -0.423 e. The molecular weight excluding hydrogens is 376 g/mol. The fourth-order valence-corrected chi connectivity index (χ4v) is 2.64. The summed E-state index contributed by atoms with van der Waals surface area (Å²) in [5, 5.41) is 4.40. The summed E-state index contributed by atoms with van der Waals surface area (Å²) in [5.74, 6) is -0.343. The van der Waals surface area contributed by atoms with Crippen LogP contribution in [-0.4, -0.2) is 18.1 Å². The molecule has 0 aliphatic carbocycles. The SMILES string of the molecule is Cc1ccccc1C(=O)Oc1ccc(/C=N\NC(=O)c2cccc(Cl)c2)cc1. The van der Waals surface area contributed by atoms with Crippen LogP contribution in [0.5, 0.6) is 5.75 Å². The molecule has 0 bridgehead atoms. The largest absolute Gasteiger partial charge is 0.423 e. The summed E-state index contributed by atoms with van der Waals surface area (Å²) in [6.45, 7) is 1.86. The molecule has 5 nitrogen and oxygen atoms in total. The van der Waals surface area contributed by atoms with Gasteiger partial charge in [0.25, 0.3) is 5.91 Å². The molecule has 0 aliphatic rings. The highest BCUT2D eigenvalue weighted by Gasteiger charge is 2.10. The third kappa shape index (κ3) is 5.05. The first kappa shape index (κ1) is 19.3. The Balaban J connectivity index is 1.58. The molecule has 0 saturated heterocycles. The summed E-state index contributed by atoms with van der Waals surface area (Å²) in [7, 11) is 0. The monoisotopic (exact) mass is 392 g/mol. The van der Waals surface area contributed by atoms with E-state index in [9.17, 15) is 9.59 Å². The van der Waals surface area contributed by atoms with E-state index in [4.69, 9.17) is 16.3 Å². The van der Waals surface area contributed by atoms with Crippen LogP contribution in [0.25, 0.3) is 0 Å². The van der Waals surface area contributed by atoms with Crippen LogP contribution in [0, 0.1) is 6.92 Å². The summed E-state index contributed by atoms with van der Waals surface area (Å²) in [6.07, 6.45) is 1.50. The molecule has 0 aliphatic heterocycles. The summed E-state index contributed by atoms with van der Waals surface area (Å²) in [4.78, 5) is 24.2. The van der Waals surface area contributed by atoms with Gasteiger partial charge in [0.05, 0.1) is 11.8 Å². The van der Waals surface area contributed by atoms with E-state index in [-0.39, 0.29) is 5.91 Å². The summed E-state index contributed by atoms with van der Waals surface area (Å²) < 4.78 is 5.38. The predicted molar refractivity (Wildman–Crippen MR) is 109 cm³/mol. The minimum atomic E-state index is -0.409. The molecule has 28 heavy (non-hydrogen) atoms. The number of carbonyl (C=O) groups is 2. The molecular formula is C22H17ClN2O3. The van der Waals surface area contributed by atoms with Crippen molar-refractivity contribution in [2.24, 2.45) is 5.10 Å². The first-order chi connectivity index (χ1) is 13.5. The van der Waals surface area contributed by atoms with E-state index >= 15 is 0 Å². The average Bonchev–Trinajstić information content (AvgIpc) is 2.69. The lowest BCUT2D eigenvalue weighted by Crippen LogP contribution is -2.17. The van der Waals surface area contributed by atoms with Crippen LogP contribution in [-0.2, 0) is 0 Å². The zero-order valence-corrected chi connectivity index (χ0v) is 15.8. The summed E-state index contributed by atoms with van der Waals surface area (Å²) >= 11 is 5.86. The maximum Gasteiger partial charge on any atom is 0.343 e. The number of nitrogens with one attached hydrogen (secondary N) is 1. The molecule has 0 unspecified atom stereocenters.